The molecule has 0 aromatic heterocycles. The second-order valence-electron chi connectivity index (χ2n) is 5.68. The molecule has 0 fully saturated rings. The predicted molar refractivity (Wildman–Crippen MR) is 107 cm³/mol. The van der Waals surface area contributed by atoms with Gasteiger partial charge in [0.2, 0.25) is 0 Å². The van der Waals surface area contributed by atoms with Crippen LogP contribution in [-0.4, -0.2) is 24.7 Å². The molecule has 2 aromatic rings. The van der Waals surface area contributed by atoms with Gasteiger partial charge in [-0.1, -0.05) is 55.0 Å². The van der Waals surface area contributed by atoms with Gasteiger partial charge in [-0.15, -0.1) is 0 Å². The van der Waals surface area contributed by atoms with Crippen molar-refractivity contribution >= 4 is 29.0 Å². The smallest absolute Gasteiger partial charge is 0.305 e. The largest absolute Gasteiger partial charge is 0.469 e. The molecule has 0 saturated heterocycles. The average molecular weight is 356 g/mol. The molecule has 25 heavy (non-hydrogen) atoms. The van der Waals surface area contributed by atoms with E-state index in [9.17, 15) is 4.79 Å². The molecule has 132 valence electrons. The monoisotopic (exact) mass is 356 g/mol. The molecular formula is C20H24N2O2S. The SMILES string of the molecule is COC(=O)CCCCCNC(=S)Nc1ccccc1-c1ccccc1. The van der Waals surface area contributed by atoms with Crippen molar-refractivity contribution in [3.05, 3.63) is 54.6 Å². The molecule has 0 atom stereocenters. The molecule has 4 nitrogen and oxygen atoms in total. The second kappa shape index (κ2) is 10.5. The van der Waals surface area contributed by atoms with E-state index in [2.05, 4.69) is 33.6 Å². The summed E-state index contributed by atoms with van der Waals surface area (Å²) < 4.78 is 4.62. The van der Waals surface area contributed by atoms with Crippen LogP contribution in [0, 0.1) is 0 Å². The van der Waals surface area contributed by atoms with Gasteiger partial charge < -0.3 is 15.4 Å². The van der Waals surface area contributed by atoms with Crippen LogP contribution in [0.5, 0.6) is 0 Å². The molecule has 0 amide bonds. The lowest BCUT2D eigenvalue weighted by atomic mass is 10.0. The van der Waals surface area contributed by atoms with E-state index in [-0.39, 0.29) is 5.97 Å². The molecular weight excluding hydrogens is 332 g/mol. The van der Waals surface area contributed by atoms with Crippen molar-refractivity contribution in [1.29, 1.82) is 0 Å². The zero-order chi connectivity index (χ0) is 17.9. The van der Waals surface area contributed by atoms with Gasteiger partial charge in [0.15, 0.2) is 5.11 Å². The summed E-state index contributed by atoms with van der Waals surface area (Å²) in [5.74, 6) is -0.150. The number of unbranched alkanes of at least 4 members (excludes halogenated alkanes) is 2. The van der Waals surface area contributed by atoms with Gasteiger partial charge >= 0.3 is 5.97 Å². The lowest BCUT2D eigenvalue weighted by Crippen LogP contribution is -2.29. The number of esters is 1. The van der Waals surface area contributed by atoms with Crippen molar-refractivity contribution in [2.75, 3.05) is 19.0 Å². The van der Waals surface area contributed by atoms with E-state index in [0.29, 0.717) is 11.5 Å². The number of thiocarbonyl (C=S) groups is 1. The van der Waals surface area contributed by atoms with Gasteiger partial charge in [-0.05, 0) is 36.7 Å². The summed E-state index contributed by atoms with van der Waals surface area (Å²) in [7, 11) is 1.42. The molecule has 0 radical (unpaired) electrons. The van der Waals surface area contributed by atoms with Crippen molar-refractivity contribution < 1.29 is 9.53 Å². The Kier molecular flexibility index (Phi) is 7.92. The zero-order valence-electron chi connectivity index (χ0n) is 14.5. The van der Waals surface area contributed by atoms with Gasteiger partial charge in [0.05, 0.1) is 7.11 Å². The number of anilines is 1. The maximum atomic E-state index is 11.0. The minimum atomic E-state index is -0.150. The van der Waals surface area contributed by atoms with E-state index in [1.165, 1.54) is 7.11 Å². The molecule has 2 rings (SSSR count). The van der Waals surface area contributed by atoms with E-state index in [4.69, 9.17) is 12.2 Å². The van der Waals surface area contributed by atoms with E-state index < -0.39 is 0 Å². The molecule has 0 aliphatic rings. The first-order valence-electron chi connectivity index (χ1n) is 8.47. The molecule has 0 unspecified atom stereocenters. The highest BCUT2D eigenvalue weighted by molar-refractivity contribution is 7.80. The van der Waals surface area contributed by atoms with Crippen LogP contribution in [0.3, 0.4) is 0 Å². The summed E-state index contributed by atoms with van der Waals surface area (Å²) in [6.07, 6.45) is 3.24. The number of hydrogen-bond acceptors (Lipinski definition) is 3. The molecule has 2 N–H and O–H groups in total. The van der Waals surface area contributed by atoms with Gasteiger partial charge in [-0.3, -0.25) is 4.79 Å². The highest BCUT2D eigenvalue weighted by Gasteiger charge is 2.05. The number of nitrogens with one attached hydrogen (secondary N) is 2. The Bertz CT molecular complexity index is 689. The number of hydrogen-bond donors (Lipinski definition) is 2. The van der Waals surface area contributed by atoms with Crippen molar-refractivity contribution in [3.8, 4) is 11.1 Å². The number of rotatable bonds is 8. The highest BCUT2D eigenvalue weighted by atomic mass is 32.1. The first-order chi connectivity index (χ1) is 12.2. The minimum Gasteiger partial charge on any atom is -0.469 e. The Morgan fingerprint density at radius 3 is 2.48 bits per heavy atom. The average Bonchev–Trinajstić information content (AvgIpc) is 2.65. The lowest BCUT2D eigenvalue weighted by Gasteiger charge is -2.14. The Balaban J connectivity index is 1.79. The molecule has 0 heterocycles. The normalized spacial score (nSPS) is 10.1. The maximum Gasteiger partial charge on any atom is 0.305 e. The molecule has 0 aliphatic carbocycles. The number of benzene rings is 2. The fourth-order valence-corrected chi connectivity index (χ4v) is 2.72. The van der Waals surface area contributed by atoms with E-state index >= 15 is 0 Å². The predicted octanol–water partition coefficient (Wildman–Crippen LogP) is 4.37. The Labute approximate surface area is 154 Å². The van der Waals surface area contributed by atoms with Gasteiger partial charge in [0, 0.05) is 24.2 Å². The summed E-state index contributed by atoms with van der Waals surface area (Å²) >= 11 is 5.39. The standard InChI is InChI=1S/C20H24N2O2S/c1-24-19(23)14-6-3-9-15-21-20(25)22-18-13-8-7-12-17(18)16-10-4-2-5-11-16/h2,4-5,7-8,10-13H,3,6,9,14-15H2,1H3,(H2,21,22,25). The van der Waals surface area contributed by atoms with Crippen LogP contribution in [0.25, 0.3) is 11.1 Å². The van der Waals surface area contributed by atoms with Gasteiger partial charge in [-0.2, -0.15) is 0 Å². The first-order valence-corrected chi connectivity index (χ1v) is 8.87. The fourth-order valence-electron chi connectivity index (χ4n) is 2.50. The van der Waals surface area contributed by atoms with Gasteiger partial charge in [0.25, 0.3) is 0 Å². The fraction of sp³-hybridized carbons (Fsp3) is 0.300. The van der Waals surface area contributed by atoms with E-state index in [1.807, 2.05) is 36.4 Å². The zero-order valence-corrected chi connectivity index (χ0v) is 15.3. The summed E-state index contributed by atoms with van der Waals surface area (Å²) in [6, 6.07) is 18.3. The number of para-hydroxylation sites is 1. The topological polar surface area (TPSA) is 50.4 Å². The second-order valence-corrected chi connectivity index (χ2v) is 6.09. The molecule has 2 aromatic carbocycles. The third-order valence-corrected chi connectivity index (χ3v) is 4.08. The molecule has 0 bridgehead atoms. The summed E-state index contributed by atoms with van der Waals surface area (Å²) in [5.41, 5.74) is 3.25. The van der Waals surface area contributed by atoms with E-state index in [1.54, 1.807) is 0 Å². The van der Waals surface area contributed by atoms with Crippen LogP contribution >= 0.6 is 12.2 Å². The Hall–Kier alpha value is -2.40. The Morgan fingerprint density at radius 2 is 1.72 bits per heavy atom. The summed E-state index contributed by atoms with van der Waals surface area (Å²) in [4.78, 5) is 11.0. The third kappa shape index (κ3) is 6.55. The molecule has 5 heteroatoms. The lowest BCUT2D eigenvalue weighted by molar-refractivity contribution is -0.140. The Morgan fingerprint density at radius 1 is 1.00 bits per heavy atom. The minimum absolute atomic E-state index is 0.150. The quantitative estimate of drug-likeness (QED) is 0.418. The van der Waals surface area contributed by atoms with Crippen molar-refractivity contribution in [3.63, 3.8) is 0 Å². The van der Waals surface area contributed by atoms with Crippen LogP contribution in [0.4, 0.5) is 5.69 Å². The van der Waals surface area contributed by atoms with Crippen LogP contribution in [0.15, 0.2) is 54.6 Å². The number of carbonyl (C=O) groups excluding carboxylic acids is 1. The number of methoxy groups -OCH3 is 1. The molecule has 0 saturated carbocycles. The van der Waals surface area contributed by atoms with Crippen molar-refractivity contribution in [2.45, 2.75) is 25.7 Å². The number of carbonyl (C=O) groups is 1. The van der Waals surface area contributed by atoms with Crippen LogP contribution in [0.2, 0.25) is 0 Å². The number of ether oxygens (including phenoxy) is 1. The molecule has 0 aliphatic heterocycles. The summed E-state index contributed by atoms with van der Waals surface area (Å²) in [6.45, 7) is 0.778. The van der Waals surface area contributed by atoms with Crippen molar-refractivity contribution in [2.24, 2.45) is 0 Å². The van der Waals surface area contributed by atoms with Crippen LogP contribution < -0.4 is 10.6 Å². The van der Waals surface area contributed by atoms with Crippen LogP contribution in [0.1, 0.15) is 25.7 Å². The first kappa shape index (κ1) is 18.9. The van der Waals surface area contributed by atoms with E-state index in [0.717, 1.165) is 42.6 Å². The van der Waals surface area contributed by atoms with Crippen LogP contribution in [-0.2, 0) is 9.53 Å². The van der Waals surface area contributed by atoms with Gasteiger partial charge in [-0.25, -0.2) is 0 Å². The third-order valence-electron chi connectivity index (χ3n) is 3.83. The maximum absolute atomic E-state index is 11.0. The van der Waals surface area contributed by atoms with Crippen molar-refractivity contribution in [1.82, 2.24) is 5.32 Å². The van der Waals surface area contributed by atoms with Gasteiger partial charge in [0.1, 0.15) is 0 Å². The summed E-state index contributed by atoms with van der Waals surface area (Å²) in [5, 5.41) is 7.10. The molecule has 0 spiro atoms. The highest BCUT2D eigenvalue weighted by Crippen LogP contribution is 2.27.